The van der Waals surface area contributed by atoms with E-state index in [1.165, 1.54) is 6.20 Å². The molecular formula is C37H35Br2Cl2N5O7. The van der Waals surface area contributed by atoms with Gasteiger partial charge in [0.05, 0.1) is 78.9 Å². The summed E-state index contributed by atoms with van der Waals surface area (Å²) in [5.74, 6) is 0.0555. The van der Waals surface area contributed by atoms with Crippen LogP contribution in [0.3, 0.4) is 0 Å². The van der Waals surface area contributed by atoms with E-state index in [-0.39, 0.29) is 30.1 Å². The minimum atomic E-state index is -1.02. The molecule has 2 aliphatic heterocycles. The number of ether oxygens (including phenoxy) is 4. The summed E-state index contributed by atoms with van der Waals surface area (Å²) in [6.07, 6.45) is 4.59. The summed E-state index contributed by atoms with van der Waals surface area (Å²) in [6, 6.07) is 16.5. The maximum absolute atomic E-state index is 13.2. The van der Waals surface area contributed by atoms with E-state index in [1.54, 1.807) is 43.3 Å². The van der Waals surface area contributed by atoms with Crippen molar-refractivity contribution in [3.8, 4) is 34.0 Å². The van der Waals surface area contributed by atoms with Gasteiger partial charge in [0.2, 0.25) is 0 Å². The van der Waals surface area contributed by atoms with Crippen LogP contribution >= 0.6 is 55.1 Å². The second-order valence-electron chi connectivity index (χ2n) is 12.2. The topological polar surface area (TPSA) is 139 Å². The number of carbonyl (C=O) groups is 2. The van der Waals surface area contributed by atoms with Crippen LogP contribution in [0.5, 0.6) is 11.5 Å². The molecule has 278 valence electrons. The second kappa shape index (κ2) is 17.5. The van der Waals surface area contributed by atoms with Gasteiger partial charge < -0.3 is 29.4 Å². The summed E-state index contributed by atoms with van der Waals surface area (Å²) in [6.45, 7) is 2.68. The first-order valence-electron chi connectivity index (χ1n) is 16.5. The summed E-state index contributed by atoms with van der Waals surface area (Å²) in [7, 11) is 3.18. The van der Waals surface area contributed by atoms with Crippen LogP contribution in [0, 0.1) is 0 Å². The fraction of sp³-hybridized carbons (Fsp3) is 0.297. The molecule has 16 heteroatoms. The molecule has 2 aromatic heterocycles. The van der Waals surface area contributed by atoms with Gasteiger partial charge in [-0.3, -0.25) is 14.2 Å². The molecule has 2 saturated heterocycles. The smallest absolute Gasteiger partial charge is 0.339 e. The zero-order chi connectivity index (χ0) is 37.6. The van der Waals surface area contributed by atoms with Crippen LogP contribution in [-0.2, 0) is 16.0 Å². The molecule has 5 aromatic rings. The molecule has 2 fully saturated rings. The number of hydrogen-bond acceptors (Lipinski definition) is 8. The SMILES string of the molecule is COc1ccc(CNC(=O)c2cnn(C3CCOC3)c2-c2ccc(Br)cc2Cl)c(OC)c1.O=C(O)c1cnn(C2CCOC2)c1-c1ccc(Br)cc1Cl. The van der Waals surface area contributed by atoms with Gasteiger partial charge in [0.1, 0.15) is 17.1 Å². The lowest BCUT2D eigenvalue weighted by Crippen LogP contribution is -2.24. The number of carboxylic acids is 1. The standard InChI is InChI=1S/C23H23BrClN3O4.C14H12BrClN2O3/c1-30-17-5-3-14(21(10-17)31-2)11-26-23(29)19-12-27-28(16-7-8-32-13-16)22(19)18-6-4-15(24)9-20(18)25;15-8-1-2-10(12(16)5-8)13-11(14(19)20)6-17-18(13)9-3-4-21-7-9/h3-6,9-10,12,16H,7-8,11,13H2,1-2H3,(H,26,29);1-2,5-6,9H,3-4,7H2,(H,19,20). The number of aromatic nitrogens is 4. The number of hydrogen-bond donors (Lipinski definition) is 2. The molecule has 7 rings (SSSR count). The Labute approximate surface area is 332 Å². The van der Waals surface area contributed by atoms with Crippen molar-refractivity contribution in [2.75, 3.05) is 40.6 Å². The number of carboxylic acid groups (broad SMARTS) is 1. The number of carbonyl (C=O) groups excluding carboxylic acids is 1. The van der Waals surface area contributed by atoms with Crippen molar-refractivity contribution < 1.29 is 33.6 Å². The number of benzene rings is 3. The van der Waals surface area contributed by atoms with E-state index in [2.05, 4.69) is 47.4 Å². The Bertz CT molecular complexity index is 2110. The molecule has 3 aromatic carbocycles. The molecule has 53 heavy (non-hydrogen) atoms. The summed E-state index contributed by atoms with van der Waals surface area (Å²) in [5, 5.41) is 22.2. The summed E-state index contributed by atoms with van der Waals surface area (Å²) in [5.41, 5.74) is 4.03. The van der Waals surface area contributed by atoms with Crippen LogP contribution in [0.25, 0.3) is 22.5 Å². The van der Waals surface area contributed by atoms with Gasteiger partial charge in [-0.1, -0.05) is 67.2 Å². The molecule has 2 unspecified atom stereocenters. The second-order valence-corrected chi connectivity index (χ2v) is 14.8. The van der Waals surface area contributed by atoms with Crippen molar-refractivity contribution in [3.63, 3.8) is 0 Å². The number of amides is 1. The Morgan fingerprint density at radius 3 is 1.85 bits per heavy atom. The minimum absolute atomic E-state index is 0.0350. The van der Waals surface area contributed by atoms with Gasteiger partial charge in [-0.15, -0.1) is 0 Å². The molecule has 0 bridgehead atoms. The van der Waals surface area contributed by atoms with Crippen LogP contribution in [0.15, 0.2) is 75.9 Å². The van der Waals surface area contributed by atoms with Crippen LogP contribution < -0.4 is 14.8 Å². The largest absolute Gasteiger partial charge is 0.497 e. The molecule has 0 radical (unpaired) electrons. The molecule has 12 nitrogen and oxygen atoms in total. The van der Waals surface area contributed by atoms with E-state index in [1.807, 2.05) is 41.1 Å². The van der Waals surface area contributed by atoms with Gasteiger partial charge in [0, 0.05) is 51.5 Å². The van der Waals surface area contributed by atoms with E-state index in [4.69, 9.17) is 42.1 Å². The van der Waals surface area contributed by atoms with E-state index < -0.39 is 5.97 Å². The van der Waals surface area contributed by atoms with Crippen LogP contribution in [-0.4, -0.2) is 77.2 Å². The van der Waals surface area contributed by atoms with Gasteiger partial charge in [0.25, 0.3) is 5.91 Å². The molecule has 0 saturated carbocycles. The maximum Gasteiger partial charge on any atom is 0.339 e. The fourth-order valence-electron chi connectivity index (χ4n) is 6.20. The number of rotatable bonds is 10. The molecule has 4 heterocycles. The first kappa shape index (κ1) is 38.8. The van der Waals surface area contributed by atoms with E-state index >= 15 is 0 Å². The lowest BCUT2D eigenvalue weighted by atomic mass is 10.1. The Kier molecular flexibility index (Phi) is 12.8. The minimum Gasteiger partial charge on any atom is -0.497 e. The average Bonchev–Trinajstić information content (AvgIpc) is 3.97. The van der Waals surface area contributed by atoms with Gasteiger partial charge in [-0.2, -0.15) is 10.2 Å². The third kappa shape index (κ3) is 8.74. The highest BCUT2D eigenvalue weighted by molar-refractivity contribution is 9.10. The number of halogens is 4. The Balaban J connectivity index is 0.000000198. The van der Waals surface area contributed by atoms with E-state index in [9.17, 15) is 14.7 Å². The normalized spacial score (nSPS) is 16.6. The predicted octanol–water partition coefficient (Wildman–Crippen LogP) is 8.50. The number of methoxy groups -OCH3 is 2. The van der Waals surface area contributed by atoms with Crippen molar-refractivity contribution in [1.82, 2.24) is 24.9 Å². The molecule has 2 atom stereocenters. The first-order chi connectivity index (χ1) is 25.6. The Hall–Kier alpha value is -3.92. The molecule has 2 N–H and O–H groups in total. The van der Waals surface area contributed by atoms with Crippen LogP contribution in [0.4, 0.5) is 0 Å². The quantitative estimate of drug-likeness (QED) is 0.141. The highest BCUT2D eigenvalue weighted by atomic mass is 79.9. The first-order valence-corrected chi connectivity index (χ1v) is 18.9. The third-order valence-corrected chi connectivity index (χ3v) is 10.5. The highest BCUT2D eigenvalue weighted by Gasteiger charge is 2.29. The number of nitrogens with zero attached hydrogens (tertiary/aromatic N) is 4. The van der Waals surface area contributed by atoms with E-state index in [0.29, 0.717) is 70.5 Å². The van der Waals surface area contributed by atoms with Crippen molar-refractivity contribution in [3.05, 3.63) is 103 Å². The van der Waals surface area contributed by atoms with Crippen molar-refractivity contribution in [1.29, 1.82) is 0 Å². The molecule has 1 amide bonds. The van der Waals surface area contributed by atoms with E-state index in [0.717, 1.165) is 32.9 Å². The zero-order valence-corrected chi connectivity index (χ0v) is 33.3. The summed E-state index contributed by atoms with van der Waals surface area (Å²) in [4.78, 5) is 24.7. The van der Waals surface area contributed by atoms with Crippen molar-refractivity contribution in [2.45, 2.75) is 31.5 Å². The molecular weight excluding hydrogens is 857 g/mol. The molecule has 2 aliphatic rings. The lowest BCUT2D eigenvalue weighted by molar-refractivity contribution is 0.0697. The summed E-state index contributed by atoms with van der Waals surface area (Å²) < 4.78 is 26.9. The van der Waals surface area contributed by atoms with Gasteiger partial charge in [-0.25, -0.2) is 4.79 Å². The van der Waals surface area contributed by atoms with Gasteiger partial charge >= 0.3 is 5.97 Å². The maximum atomic E-state index is 13.2. The fourth-order valence-corrected chi connectivity index (χ4v) is 7.73. The van der Waals surface area contributed by atoms with Gasteiger partial charge in [-0.05, 0) is 49.2 Å². The van der Waals surface area contributed by atoms with Crippen molar-refractivity contribution in [2.24, 2.45) is 0 Å². The number of aromatic carboxylic acids is 1. The molecule has 0 spiro atoms. The Morgan fingerprint density at radius 2 is 1.38 bits per heavy atom. The molecule has 0 aliphatic carbocycles. The lowest BCUT2D eigenvalue weighted by Gasteiger charge is -2.16. The average molecular weight is 892 g/mol. The summed E-state index contributed by atoms with van der Waals surface area (Å²) >= 11 is 19.6. The van der Waals surface area contributed by atoms with Crippen molar-refractivity contribution >= 4 is 66.9 Å². The monoisotopic (exact) mass is 889 g/mol. The third-order valence-electron chi connectivity index (χ3n) is 8.88. The predicted molar refractivity (Wildman–Crippen MR) is 207 cm³/mol. The Morgan fingerprint density at radius 1 is 0.830 bits per heavy atom. The van der Waals surface area contributed by atoms with Gasteiger partial charge in [0.15, 0.2) is 0 Å². The van der Waals surface area contributed by atoms with Crippen LogP contribution in [0.2, 0.25) is 10.0 Å². The zero-order valence-electron chi connectivity index (χ0n) is 28.7. The van der Waals surface area contributed by atoms with Crippen LogP contribution in [0.1, 0.15) is 51.2 Å². The highest BCUT2D eigenvalue weighted by Crippen LogP contribution is 2.37. The number of nitrogens with one attached hydrogen (secondary N) is 1.